The molecule has 0 radical (unpaired) electrons. The molecule has 0 saturated heterocycles. The Hall–Kier alpha value is -0.500. The lowest BCUT2D eigenvalue weighted by Gasteiger charge is -2.13. The second-order valence-corrected chi connectivity index (χ2v) is 7.61. The number of hydrogen-bond donors (Lipinski definition) is 1. The number of halogens is 2. The summed E-state index contributed by atoms with van der Waals surface area (Å²) in [5.74, 6) is -0.431. The van der Waals surface area contributed by atoms with Gasteiger partial charge in [-0.3, -0.25) is 0 Å². The van der Waals surface area contributed by atoms with Crippen molar-refractivity contribution >= 4 is 26.0 Å². The molecule has 1 unspecified atom stereocenters. The van der Waals surface area contributed by atoms with Crippen LogP contribution in [0.1, 0.15) is 17.5 Å². The first-order chi connectivity index (χ1) is 9.27. The minimum atomic E-state index is -3.63. The molecule has 7 heteroatoms. The molecule has 0 aliphatic rings. The number of hydrogen-bond acceptors (Lipinski definition) is 3. The van der Waals surface area contributed by atoms with E-state index in [4.69, 9.17) is 4.74 Å². The number of benzene rings is 1. The first-order valence-corrected chi connectivity index (χ1v) is 8.57. The summed E-state index contributed by atoms with van der Waals surface area (Å²) in [7, 11) is -2.04. The minimum Gasteiger partial charge on any atom is -0.384 e. The van der Waals surface area contributed by atoms with Crippen LogP contribution in [0.25, 0.3) is 0 Å². The summed E-state index contributed by atoms with van der Waals surface area (Å²) in [6, 6.07) is 2.44. The number of rotatable bonds is 7. The molecular weight excluding hydrogens is 349 g/mol. The molecule has 1 aromatic rings. The number of sulfonamides is 1. The zero-order chi connectivity index (χ0) is 15.3. The van der Waals surface area contributed by atoms with Gasteiger partial charge in [0.05, 0.1) is 11.5 Å². The van der Waals surface area contributed by atoms with Crippen molar-refractivity contribution < 1.29 is 17.5 Å². The van der Waals surface area contributed by atoms with Gasteiger partial charge in [-0.1, -0.05) is 15.9 Å². The highest BCUT2D eigenvalue weighted by Gasteiger charge is 2.20. The maximum absolute atomic E-state index is 13.2. The van der Waals surface area contributed by atoms with Crippen LogP contribution < -0.4 is 4.72 Å². The smallest absolute Gasteiger partial charge is 0.241 e. The SMILES string of the molecule is COCC(Br)CCNS(=O)(=O)c1c(C)cc(F)cc1C. The number of aryl methyl sites for hydroxylation is 2. The molecule has 1 rings (SSSR count). The molecule has 0 aliphatic carbocycles. The lowest BCUT2D eigenvalue weighted by Crippen LogP contribution is -2.28. The standard InChI is InChI=1S/C13H19BrFNO3S/c1-9-6-12(15)7-10(2)13(9)20(17,18)16-5-4-11(14)8-19-3/h6-7,11,16H,4-5,8H2,1-3H3. The van der Waals surface area contributed by atoms with Gasteiger partial charge < -0.3 is 4.74 Å². The molecule has 0 aliphatic heterocycles. The van der Waals surface area contributed by atoms with Crippen LogP contribution in [0.2, 0.25) is 0 Å². The topological polar surface area (TPSA) is 55.4 Å². The predicted octanol–water partition coefficient (Wildman–Crippen LogP) is 2.52. The van der Waals surface area contributed by atoms with Gasteiger partial charge in [0.2, 0.25) is 10.0 Å². The maximum Gasteiger partial charge on any atom is 0.241 e. The molecule has 0 bridgehead atoms. The normalized spacial score (nSPS) is 13.4. The number of methoxy groups -OCH3 is 1. The molecule has 114 valence electrons. The van der Waals surface area contributed by atoms with Gasteiger partial charge >= 0.3 is 0 Å². The average molecular weight is 368 g/mol. The van der Waals surface area contributed by atoms with Crippen LogP contribution in [-0.2, 0) is 14.8 Å². The number of ether oxygens (including phenoxy) is 1. The zero-order valence-electron chi connectivity index (χ0n) is 11.7. The molecule has 4 nitrogen and oxygen atoms in total. The summed E-state index contributed by atoms with van der Waals surface area (Å²) in [6.07, 6.45) is 0.604. The predicted molar refractivity (Wildman–Crippen MR) is 80.3 cm³/mol. The Morgan fingerprint density at radius 3 is 2.40 bits per heavy atom. The Balaban J connectivity index is 2.80. The Bertz CT molecular complexity index is 540. The fourth-order valence-corrected chi connectivity index (χ4v) is 4.00. The molecule has 0 heterocycles. The third kappa shape index (κ3) is 4.80. The third-order valence-corrected chi connectivity index (χ3v) is 5.28. The molecule has 1 atom stereocenters. The molecule has 1 aromatic carbocycles. The van der Waals surface area contributed by atoms with E-state index in [0.29, 0.717) is 24.2 Å². The first-order valence-electron chi connectivity index (χ1n) is 6.17. The Kier molecular flexibility index (Phi) is 6.57. The van der Waals surface area contributed by atoms with E-state index in [9.17, 15) is 12.8 Å². The van der Waals surface area contributed by atoms with Crippen molar-refractivity contribution in [3.8, 4) is 0 Å². The highest BCUT2D eigenvalue weighted by molar-refractivity contribution is 9.09. The van der Waals surface area contributed by atoms with E-state index in [1.54, 1.807) is 21.0 Å². The van der Waals surface area contributed by atoms with Gasteiger partial charge in [0.25, 0.3) is 0 Å². The minimum absolute atomic E-state index is 0.0885. The van der Waals surface area contributed by atoms with E-state index < -0.39 is 15.8 Å². The highest BCUT2D eigenvalue weighted by Crippen LogP contribution is 2.21. The van der Waals surface area contributed by atoms with Crippen LogP contribution in [-0.4, -0.2) is 33.5 Å². The average Bonchev–Trinajstić information content (AvgIpc) is 2.26. The molecule has 1 N–H and O–H groups in total. The molecule has 0 fully saturated rings. The van der Waals surface area contributed by atoms with Gasteiger partial charge in [0, 0.05) is 18.5 Å². The number of nitrogens with one attached hydrogen (secondary N) is 1. The van der Waals surface area contributed by atoms with Crippen molar-refractivity contribution in [3.05, 3.63) is 29.1 Å². The lowest BCUT2D eigenvalue weighted by molar-refractivity contribution is 0.199. The summed E-state index contributed by atoms with van der Waals surface area (Å²) in [5.41, 5.74) is 0.810. The molecule has 20 heavy (non-hydrogen) atoms. The van der Waals surface area contributed by atoms with Crippen LogP contribution in [0.5, 0.6) is 0 Å². The summed E-state index contributed by atoms with van der Waals surface area (Å²) in [6.45, 7) is 3.97. The third-order valence-electron chi connectivity index (χ3n) is 2.79. The van der Waals surface area contributed by atoms with Gasteiger partial charge in [0.15, 0.2) is 0 Å². The van der Waals surface area contributed by atoms with Crippen molar-refractivity contribution in [3.63, 3.8) is 0 Å². The molecule has 0 spiro atoms. The van der Waals surface area contributed by atoms with Crippen LogP contribution in [0.3, 0.4) is 0 Å². The lowest BCUT2D eigenvalue weighted by atomic mass is 10.1. The largest absolute Gasteiger partial charge is 0.384 e. The van der Waals surface area contributed by atoms with Gasteiger partial charge in [-0.15, -0.1) is 0 Å². The van der Waals surface area contributed by atoms with Gasteiger partial charge in [-0.2, -0.15) is 0 Å². The summed E-state index contributed by atoms with van der Waals surface area (Å²) < 4.78 is 45.2. The van der Waals surface area contributed by atoms with Crippen molar-refractivity contribution in [1.82, 2.24) is 4.72 Å². The molecule has 0 amide bonds. The van der Waals surface area contributed by atoms with Crippen molar-refractivity contribution in [2.24, 2.45) is 0 Å². The fraction of sp³-hybridized carbons (Fsp3) is 0.538. The molecule has 0 aromatic heterocycles. The van der Waals surface area contributed by atoms with E-state index in [1.165, 1.54) is 12.1 Å². The van der Waals surface area contributed by atoms with Gasteiger partial charge in [0.1, 0.15) is 5.82 Å². The van der Waals surface area contributed by atoms with Crippen LogP contribution in [0.15, 0.2) is 17.0 Å². The van der Waals surface area contributed by atoms with Crippen LogP contribution in [0.4, 0.5) is 4.39 Å². The Labute approximate surface area is 127 Å². The second-order valence-electron chi connectivity index (χ2n) is 4.61. The fourth-order valence-electron chi connectivity index (χ4n) is 2.01. The Morgan fingerprint density at radius 1 is 1.35 bits per heavy atom. The first kappa shape index (κ1) is 17.6. The van der Waals surface area contributed by atoms with E-state index in [0.717, 1.165) is 0 Å². The maximum atomic E-state index is 13.2. The van der Waals surface area contributed by atoms with E-state index in [2.05, 4.69) is 20.7 Å². The van der Waals surface area contributed by atoms with Crippen molar-refractivity contribution in [2.45, 2.75) is 30.0 Å². The van der Waals surface area contributed by atoms with E-state index in [-0.39, 0.29) is 16.3 Å². The van der Waals surface area contributed by atoms with E-state index >= 15 is 0 Å². The summed E-state index contributed by atoms with van der Waals surface area (Å²) in [5, 5.41) is 0. The van der Waals surface area contributed by atoms with Crippen LogP contribution >= 0.6 is 15.9 Å². The van der Waals surface area contributed by atoms with Gasteiger partial charge in [-0.05, 0) is 43.5 Å². The van der Waals surface area contributed by atoms with Crippen molar-refractivity contribution in [1.29, 1.82) is 0 Å². The highest BCUT2D eigenvalue weighted by atomic mass is 79.9. The zero-order valence-corrected chi connectivity index (χ0v) is 14.1. The van der Waals surface area contributed by atoms with Crippen LogP contribution in [0, 0.1) is 19.7 Å². The molecule has 0 saturated carbocycles. The second kappa shape index (κ2) is 7.49. The quantitative estimate of drug-likeness (QED) is 0.753. The van der Waals surface area contributed by atoms with Crippen molar-refractivity contribution in [2.75, 3.05) is 20.3 Å². The number of alkyl halides is 1. The summed E-state index contributed by atoms with van der Waals surface area (Å²) >= 11 is 3.39. The Morgan fingerprint density at radius 2 is 1.90 bits per heavy atom. The summed E-state index contributed by atoms with van der Waals surface area (Å²) in [4.78, 5) is 0.238. The molecular formula is C13H19BrFNO3S. The van der Waals surface area contributed by atoms with Gasteiger partial charge in [-0.25, -0.2) is 17.5 Å². The monoisotopic (exact) mass is 367 g/mol. The van der Waals surface area contributed by atoms with E-state index in [1.807, 2.05) is 0 Å².